The molecule has 0 atom stereocenters. The monoisotopic (exact) mass is 264 g/mol. The van der Waals surface area contributed by atoms with Gasteiger partial charge < -0.3 is 10.2 Å². The van der Waals surface area contributed by atoms with E-state index in [1.807, 2.05) is 6.20 Å². The Labute approximate surface area is 109 Å². The van der Waals surface area contributed by atoms with Crippen molar-refractivity contribution in [2.24, 2.45) is 0 Å². The number of aromatic nitrogens is 2. The molecule has 1 aromatic rings. The van der Waals surface area contributed by atoms with Crippen LogP contribution in [0.3, 0.4) is 0 Å². The summed E-state index contributed by atoms with van der Waals surface area (Å²) in [6, 6.07) is 0. The Morgan fingerprint density at radius 1 is 1.25 bits per heavy atom. The van der Waals surface area contributed by atoms with Crippen LogP contribution in [-0.4, -0.2) is 23.1 Å². The lowest BCUT2D eigenvalue weighted by Crippen LogP contribution is -2.24. The fourth-order valence-electron chi connectivity index (χ4n) is 1.71. The number of hydrogen-bond acceptors (Lipinski definition) is 4. The molecule has 0 saturated carbocycles. The van der Waals surface area contributed by atoms with Crippen molar-refractivity contribution in [3.63, 3.8) is 0 Å². The summed E-state index contributed by atoms with van der Waals surface area (Å²) in [6.07, 6.45) is 1.94. The van der Waals surface area contributed by atoms with Crippen LogP contribution in [0.5, 0.6) is 0 Å². The molecule has 6 heteroatoms. The zero-order valence-corrected chi connectivity index (χ0v) is 11.2. The molecule has 0 aromatic carbocycles. The summed E-state index contributed by atoms with van der Waals surface area (Å²) in [5, 5.41) is 3.27. The smallest absolute Gasteiger partial charge is 0.225 e. The highest BCUT2D eigenvalue weighted by molar-refractivity contribution is 5.85. The average molecular weight is 265 g/mol. The van der Waals surface area contributed by atoms with Gasteiger partial charge in [-0.05, 0) is 13.8 Å². The van der Waals surface area contributed by atoms with Crippen LogP contribution in [0.1, 0.15) is 25.1 Å². The molecule has 2 heterocycles. The maximum Gasteiger partial charge on any atom is 0.225 e. The van der Waals surface area contributed by atoms with Gasteiger partial charge in [0.05, 0.1) is 5.69 Å². The van der Waals surface area contributed by atoms with Crippen LogP contribution in [0.4, 0.5) is 5.95 Å². The lowest BCUT2D eigenvalue weighted by Gasteiger charge is -2.18. The predicted molar refractivity (Wildman–Crippen MR) is 70.6 cm³/mol. The zero-order valence-electron chi connectivity index (χ0n) is 9.56. The molecule has 0 amide bonds. The Balaban J connectivity index is 0.00000112. The first-order valence-electron chi connectivity index (χ1n) is 5.15. The molecule has 0 bridgehead atoms. The highest BCUT2D eigenvalue weighted by Gasteiger charge is 2.14. The van der Waals surface area contributed by atoms with Crippen LogP contribution < -0.4 is 10.2 Å². The average Bonchev–Trinajstić information content (AvgIpc) is 2.66. The van der Waals surface area contributed by atoms with E-state index in [9.17, 15) is 0 Å². The van der Waals surface area contributed by atoms with E-state index in [0.29, 0.717) is 0 Å². The third kappa shape index (κ3) is 2.97. The lowest BCUT2D eigenvalue weighted by molar-refractivity contribution is 0.755. The van der Waals surface area contributed by atoms with E-state index in [1.165, 1.54) is 5.56 Å². The number of rotatable bonds is 3. The molecule has 0 unspecified atom stereocenters. The molecule has 4 nitrogen and oxygen atoms in total. The second-order valence-corrected chi connectivity index (χ2v) is 3.42. The summed E-state index contributed by atoms with van der Waals surface area (Å²) in [7, 11) is 0. The first-order chi connectivity index (χ1) is 6.85. The summed E-state index contributed by atoms with van der Waals surface area (Å²) in [5.41, 5.74) is 2.39. The molecule has 0 spiro atoms. The van der Waals surface area contributed by atoms with E-state index in [0.717, 1.165) is 37.8 Å². The van der Waals surface area contributed by atoms with Gasteiger partial charge in [-0.25, -0.2) is 9.97 Å². The van der Waals surface area contributed by atoms with Gasteiger partial charge in [0.25, 0.3) is 0 Å². The van der Waals surface area contributed by atoms with Gasteiger partial charge in [-0.2, -0.15) is 0 Å². The molecule has 16 heavy (non-hydrogen) atoms. The van der Waals surface area contributed by atoms with Gasteiger partial charge >= 0.3 is 0 Å². The van der Waals surface area contributed by atoms with Crippen molar-refractivity contribution in [1.82, 2.24) is 15.3 Å². The summed E-state index contributed by atoms with van der Waals surface area (Å²) >= 11 is 0. The topological polar surface area (TPSA) is 41.1 Å². The molecule has 1 aromatic heterocycles. The van der Waals surface area contributed by atoms with Gasteiger partial charge in [0, 0.05) is 37.9 Å². The second kappa shape index (κ2) is 6.89. The quantitative estimate of drug-likeness (QED) is 0.904. The van der Waals surface area contributed by atoms with Crippen LogP contribution >= 0.6 is 24.8 Å². The minimum Gasteiger partial charge on any atom is -0.341 e. The summed E-state index contributed by atoms with van der Waals surface area (Å²) < 4.78 is 0. The van der Waals surface area contributed by atoms with Crippen LogP contribution in [-0.2, 0) is 13.1 Å². The molecule has 0 saturated heterocycles. The van der Waals surface area contributed by atoms with Crippen molar-refractivity contribution in [2.75, 3.05) is 18.0 Å². The highest BCUT2D eigenvalue weighted by atomic mass is 35.5. The van der Waals surface area contributed by atoms with Crippen molar-refractivity contribution >= 4 is 30.8 Å². The Hall–Kier alpha value is -0.580. The molecular weight excluding hydrogens is 247 g/mol. The Morgan fingerprint density at radius 2 is 1.94 bits per heavy atom. The number of halogens is 2. The van der Waals surface area contributed by atoms with E-state index in [1.54, 1.807) is 0 Å². The Morgan fingerprint density at radius 3 is 2.56 bits per heavy atom. The fraction of sp³-hybridized carbons (Fsp3) is 0.600. The molecule has 1 aliphatic rings. The molecular formula is C10H18Cl2N4. The van der Waals surface area contributed by atoms with E-state index >= 15 is 0 Å². The summed E-state index contributed by atoms with van der Waals surface area (Å²) in [6.45, 7) is 7.96. The third-order valence-electron chi connectivity index (χ3n) is 2.60. The SMILES string of the molecule is CCN(CC)c1ncc2c(n1)CNC2.Cl.Cl. The van der Waals surface area contributed by atoms with Gasteiger partial charge in [0.1, 0.15) is 0 Å². The number of nitrogens with one attached hydrogen (secondary N) is 1. The normalized spacial score (nSPS) is 12.4. The molecule has 0 fully saturated rings. The molecule has 1 aliphatic heterocycles. The summed E-state index contributed by atoms with van der Waals surface area (Å²) in [5.74, 6) is 0.859. The largest absolute Gasteiger partial charge is 0.341 e. The van der Waals surface area contributed by atoms with Gasteiger partial charge in [-0.1, -0.05) is 0 Å². The highest BCUT2D eigenvalue weighted by Crippen LogP contribution is 2.15. The van der Waals surface area contributed by atoms with Crippen LogP contribution in [0.15, 0.2) is 6.20 Å². The van der Waals surface area contributed by atoms with Gasteiger partial charge in [0.2, 0.25) is 5.95 Å². The van der Waals surface area contributed by atoms with Crippen molar-refractivity contribution in [2.45, 2.75) is 26.9 Å². The molecule has 92 valence electrons. The summed E-state index contributed by atoms with van der Waals surface area (Å²) in [4.78, 5) is 11.1. The fourth-order valence-corrected chi connectivity index (χ4v) is 1.71. The van der Waals surface area contributed by atoms with Crippen molar-refractivity contribution in [3.8, 4) is 0 Å². The Kier molecular flexibility index (Phi) is 6.64. The maximum atomic E-state index is 4.55. The first kappa shape index (κ1) is 15.4. The first-order valence-corrected chi connectivity index (χ1v) is 5.15. The van der Waals surface area contributed by atoms with Crippen molar-refractivity contribution in [3.05, 3.63) is 17.5 Å². The second-order valence-electron chi connectivity index (χ2n) is 3.42. The molecule has 2 rings (SSSR count). The molecule has 0 radical (unpaired) electrons. The van der Waals surface area contributed by atoms with Gasteiger partial charge in [-0.3, -0.25) is 0 Å². The Bertz CT molecular complexity index is 329. The van der Waals surface area contributed by atoms with Crippen LogP contribution in [0.2, 0.25) is 0 Å². The number of fused-ring (bicyclic) bond motifs is 1. The van der Waals surface area contributed by atoms with Crippen molar-refractivity contribution < 1.29 is 0 Å². The van der Waals surface area contributed by atoms with Gasteiger partial charge in [-0.15, -0.1) is 24.8 Å². The number of anilines is 1. The van der Waals surface area contributed by atoms with Crippen LogP contribution in [0, 0.1) is 0 Å². The third-order valence-corrected chi connectivity index (χ3v) is 2.60. The van der Waals surface area contributed by atoms with Gasteiger partial charge in [0.15, 0.2) is 0 Å². The van der Waals surface area contributed by atoms with Crippen molar-refractivity contribution in [1.29, 1.82) is 0 Å². The minimum absolute atomic E-state index is 0. The van der Waals surface area contributed by atoms with Crippen LogP contribution in [0.25, 0.3) is 0 Å². The lowest BCUT2D eigenvalue weighted by atomic mass is 10.3. The zero-order chi connectivity index (χ0) is 9.97. The number of nitrogens with zero attached hydrogens (tertiary/aromatic N) is 3. The standard InChI is InChI=1S/C10H16N4.2ClH/c1-3-14(4-2)10-12-6-8-5-11-7-9(8)13-10;;/h6,11H,3-5,7H2,1-2H3;2*1H. The van der Waals surface area contributed by atoms with E-state index in [4.69, 9.17) is 0 Å². The molecule has 1 N–H and O–H groups in total. The number of hydrogen-bond donors (Lipinski definition) is 1. The minimum atomic E-state index is 0. The van der Waals surface area contributed by atoms with E-state index in [2.05, 4.69) is 34.0 Å². The molecule has 0 aliphatic carbocycles. The predicted octanol–water partition coefficient (Wildman–Crippen LogP) is 1.77. The van der Waals surface area contributed by atoms with E-state index in [-0.39, 0.29) is 24.8 Å². The maximum absolute atomic E-state index is 4.55. The van der Waals surface area contributed by atoms with E-state index < -0.39 is 0 Å².